The summed E-state index contributed by atoms with van der Waals surface area (Å²) in [5.74, 6) is -4.56. The van der Waals surface area contributed by atoms with E-state index in [4.69, 9.17) is 28.7 Å². The van der Waals surface area contributed by atoms with Crippen LogP contribution in [0.3, 0.4) is 0 Å². The number of carboxylic acid groups (broad SMARTS) is 1. The van der Waals surface area contributed by atoms with E-state index in [1.807, 2.05) is 20.8 Å². The Morgan fingerprint density at radius 2 is 1.44 bits per heavy atom. The van der Waals surface area contributed by atoms with Gasteiger partial charge in [-0.3, -0.25) is 38.8 Å². The normalized spacial score (nSPS) is 16.7. The van der Waals surface area contributed by atoms with Gasteiger partial charge in [0.15, 0.2) is 11.9 Å². The van der Waals surface area contributed by atoms with Gasteiger partial charge >= 0.3 is 5.97 Å². The number of aromatic hydroxyl groups is 1. The van der Waals surface area contributed by atoms with Crippen LogP contribution in [0.5, 0.6) is 5.75 Å². The first kappa shape index (κ1) is 49.5. The SMILES string of the molecule is CC[C@H](C)[C@H](NC(=O)[C@H](Cc1ccc(O)cc1)NC(=O)[C@@H]1CCCN1C(=O)[C@H](CCCN=C(N)N)NC(=O)[C@@H](N)CCCN=C(N)N)C(=O)N[C@H](CC(=O)O)CC(C)C. The lowest BCUT2D eigenvalue weighted by atomic mass is 9.95. The molecule has 1 aromatic rings. The van der Waals surface area contributed by atoms with Crippen LogP contribution in [0.4, 0.5) is 0 Å². The highest BCUT2D eigenvalue weighted by molar-refractivity contribution is 5.96. The highest BCUT2D eigenvalue weighted by Crippen LogP contribution is 2.21. The van der Waals surface area contributed by atoms with Crippen molar-refractivity contribution >= 4 is 47.4 Å². The van der Waals surface area contributed by atoms with Crippen molar-refractivity contribution in [3.8, 4) is 5.75 Å². The molecule has 0 bridgehead atoms. The molecule has 0 saturated carbocycles. The van der Waals surface area contributed by atoms with E-state index in [9.17, 15) is 39.0 Å². The van der Waals surface area contributed by atoms with E-state index in [1.165, 1.54) is 17.0 Å². The van der Waals surface area contributed by atoms with Gasteiger partial charge in [-0.1, -0.05) is 46.2 Å². The second-order valence-corrected chi connectivity index (χ2v) is 15.5. The van der Waals surface area contributed by atoms with Crippen LogP contribution in [0.1, 0.15) is 91.0 Å². The van der Waals surface area contributed by atoms with Crippen molar-refractivity contribution in [3.05, 3.63) is 29.8 Å². The van der Waals surface area contributed by atoms with Crippen molar-refractivity contribution in [1.29, 1.82) is 0 Å². The van der Waals surface area contributed by atoms with E-state index in [2.05, 4.69) is 31.3 Å². The molecule has 1 fully saturated rings. The first-order valence-electron chi connectivity index (χ1n) is 20.2. The largest absolute Gasteiger partial charge is 0.508 e. The van der Waals surface area contributed by atoms with E-state index in [0.29, 0.717) is 37.7 Å². The molecule has 1 aliphatic rings. The van der Waals surface area contributed by atoms with Gasteiger partial charge in [-0.2, -0.15) is 0 Å². The van der Waals surface area contributed by atoms with Crippen LogP contribution < -0.4 is 49.9 Å². The second-order valence-electron chi connectivity index (χ2n) is 15.5. The highest BCUT2D eigenvalue weighted by atomic mass is 16.4. The predicted octanol–water partition coefficient (Wildman–Crippen LogP) is -1.13. The molecule has 0 unspecified atom stereocenters. The molecular weight excluding hydrogens is 765 g/mol. The van der Waals surface area contributed by atoms with Gasteiger partial charge in [0.05, 0.1) is 12.5 Å². The molecule has 1 aliphatic heterocycles. The lowest BCUT2D eigenvalue weighted by Crippen LogP contribution is -2.60. The van der Waals surface area contributed by atoms with Gasteiger partial charge in [-0.05, 0) is 74.5 Å². The monoisotopic (exact) mass is 831 g/mol. The van der Waals surface area contributed by atoms with Crippen LogP contribution in [0.25, 0.3) is 0 Å². The van der Waals surface area contributed by atoms with Crippen molar-refractivity contribution < 1.29 is 39.0 Å². The molecule has 16 N–H and O–H groups in total. The molecule has 2 rings (SSSR count). The molecule has 0 aromatic heterocycles. The quantitative estimate of drug-likeness (QED) is 0.0316. The lowest BCUT2D eigenvalue weighted by molar-refractivity contribution is -0.142. The Morgan fingerprint density at radius 1 is 0.831 bits per heavy atom. The number of aliphatic imine (C=N–C) groups is 2. The molecule has 1 aromatic carbocycles. The number of phenols is 1. The summed E-state index contributed by atoms with van der Waals surface area (Å²) in [6.45, 7) is 8.08. The van der Waals surface area contributed by atoms with E-state index < -0.39 is 71.8 Å². The molecular formula is C39H66N12O8. The number of carbonyl (C=O) groups is 6. The Hall–Kier alpha value is -5.66. The van der Waals surface area contributed by atoms with E-state index in [1.54, 1.807) is 19.1 Å². The number of carboxylic acids is 1. The number of rotatable bonds is 25. The zero-order valence-corrected chi connectivity index (χ0v) is 34.7. The van der Waals surface area contributed by atoms with Gasteiger partial charge in [-0.15, -0.1) is 0 Å². The summed E-state index contributed by atoms with van der Waals surface area (Å²) < 4.78 is 0. The molecule has 20 nitrogen and oxygen atoms in total. The minimum absolute atomic E-state index is 0.00319. The molecule has 59 heavy (non-hydrogen) atoms. The van der Waals surface area contributed by atoms with E-state index >= 15 is 0 Å². The standard InChI is InChI=1S/C39H66N12O8/c1-5-23(4)32(36(58)47-25(19-22(2)3)21-31(53)54)50-34(56)29(20-24-12-14-26(52)15-13-24)49-35(57)30-11-8-18-51(30)37(59)28(10-7-17-46-39(43)44)48-33(55)27(40)9-6-16-45-38(41)42/h12-15,22-23,25,27-30,32,52H,5-11,16-21,40H2,1-4H3,(H,47,58)(H,48,55)(H,49,57)(H,50,56)(H,53,54)(H4,41,42,45)(H4,43,44,46)/t23-,25-,27-,28-,29-,30-,32-/m0/s1. The smallest absolute Gasteiger partial charge is 0.305 e. The minimum atomic E-state index is -1.23. The number of nitrogens with two attached hydrogens (primary N) is 5. The maximum atomic E-state index is 14.2. The van der Waals surface area contributed by atoms with Crippen LogP contribution in [0.15, 0.2) is 34.3 Å². The van der Waals surface area contributed by atoms with Crippen molar-refractivity contribution in [2.45, 2.75) is 128 Å². The molecule has 1 saturated heterocycles. The Balaban J connectivity index is 2.36. The van der Waals surface area contributed by atoms with Gasteiger partial charge < -0.3 is 65.0 Å². The number of benzene rings is 1. The Morgan fingerprint density at radius 3 is 2.00 bits per heavy atom. The number of hydrogen-bond donors (Lipinski definition) is 11. The molecule has 20 heteroatoms. The summed E-state index contributed by atoms with van der Waals surface area (Å²) in [5, 5.41) is 30.5. The van der Waals surface area contributed by atoms with Gasteiger partial charge in [0.25, 0.3) is 0 Å². The second kappa shape index (κ2) is 25.0. The zero-order chi connectivity index (χ0) is 44.2. The molecule has 0 spiro atoms. The van der Waals surface area contributed by atoms with Crippen molar-refractivity contribution in [2.75, 3.05) is 19.6 Å². The number of guanidine groups is 2. The molecule has 0 aliphatic carbocycles. The van der Waals surface area contributed by atoms with E-state index in [-0.39, 0.29) is 81.2 Å². The number of hydrogen-bond acceptors (Lipinski definition) is 10. The van der Waals surface area contributed by atoms with Crippen LogP contribution in [-0.2, 0) is 35.2 Å². The lowest BCUT2D eigenvalue weighted by Gasteiger charge is -2.31. The number of carbonyl (C=O) groups excluding carboxylic acids is 5. The summed E-state index contributed by atoms with van der Waals surface area (Å²) in [4.78, 5) is 90.0. The first-order valence-corrected chi connectivity index (χ1v) is 20.2. The van der Waals surface area contributed by atoms with Crippen LogP contribution in [-0.4, -0.2) is 118 Å². The Kier molecular flexibility index (Phi) is 20.9. The van der Waals surface area contributed by atoms with Gasteiger partial charge in [0.1, 0.15) is 29.9 Å². The predicted molar refractivity (Wildman–Crippen MR) is 223 cm³/mol. The number of nitrogens with one attached hydrogen (secondary N) is 4. The third-order valence-corrected chi connectivity index (χ3v) is 10.0. The summed E-state index contributed by atoms with van der Waals surface area (Å²) in [6, 6.07) is 0.0155. The number of nitrogens with zero attached hydrogens (tertiary/aromatic N) is 3. The fourth-order valence-electron chi connectivity index (χ4n) is 6.76. The number of aliphatic carboxylic acids is 1. The maximum Gasteiger partial charge on any atom is 0.305 e. The summed E-state index contributed by atoms with van der Waals surface area (Å²) in [7, 11) is 0. The van der Waals surface area contributed by atoms with Gasteiger partial charge in [0.2, 0.25) is 29.5 Å². The first-order chi connectivity index (χ1) is 27.8. The highest BCUT2D eigenvalue weighted by Gasteiger charge is 2.40. The summed E-state index contributed by atoms with van der Waals surface area (Å²) in [5.41, 5.74) is 28.4. The topological polar surface area (TPSA) is 349 Å². The van der Waals surface area contributed by atoms with Crippen LogP contribution in [0, 0.1) is 11.8 Å². The molecule has 7 atom stereocenters. The number of likely N-dealkylation sites (tertiary alicyclic amines) is 1. The average Bonchev–Trinajstić information content (AvgIpc) is 3.66. The fourth-order valence-corrected chi connectivity index (χ4v) is 6.76. The maximum absolute atomic E-state index is 14.2. The summed E-state index contributed by atoms with van der Waals surface area (Å²) in [6.07, 6.45) is 2.38. The van der Waals surface area contributed by atoms with Crippen LogP contribution >= 0.6 is 0 Å². The van der Waals surface area contributed by atoms with Gasteiger partial charge in [-0.25, -0.2) is 0 Å². The minimum Gasteiger partial charge on any atom is -0.508 e. The van der Waals surface area contributed by atoms with Crippen LogP contribution in [0.2, 0.25) is 0 Å². The fraction of sp³-hybridized carbons (Fsp3) is 0.641. The number of phenolic OH excluding ortho intramolecular Hbond substituents is 1. The summed E-state index contributed by atoms with van der Waals surface area (Å²) >= 11 is 0. The Bertz CT molecular complexity index is 1610. The van der Waals surface area contributed by atoms with Crippen molar-refractivity contribution in [3.63, 3.8) is 0 Å². The average molecular weight is 831 g/mol. The van der Waals surface area contributed by atoms with E-state index in [0.717, 1.165) is 0 Å². The Labute approximate surface area is 345 Å². The molecule has 0 radical (unpaired) electrons. The van der Waals surface area contributed by atoms with Gasteiger partial charge in [0, 0.05) is 32.1 Å². The zero-order valence-electron chi connectivity index (χ0n) is 34.7. The van der Waals surface area contributed by atoms with Crippen molar-refractivity contribution in [1.82, 2.24) is 26.2 Å². The van der Waals surface area contributed by atoms with Crippen molar-refractivity contribution in [2.24, 2.45) is 50.5 Å². The molecule has 1 heterocycles. The third-order valence-electron chi connectivity index (χ3n) is 10.0. The number of amides is 5. The molecule has 5 amide bonds. The molecule has 330 valence electrons. The third kappa shape index (κ3) is 17.8.